The number of carbonyl (C=O) groups excluding carboxylic acids is 1. The van der Waals surface area contributed by atoms with Crippen LogP contribution in [0.1, 0.15) is 21.7 Å². The van der Waals surface area contributed by atoms with Crippen LogP contribution in [0.3, 0.4) is 0 Å². The van der Waals surface area contributed by atoms with Gasteiger partial charge in [0.15, 0.2) is 0 Å². The maximum Gasteiger partial charge on any atom is 0.261 e. The van der Waals surface area contributed by atoms with Crippen LogP contribution in [-0.4, -0.2) is 25.3 Å². The molecular weight excluding hydrogens is 290 g/mol. The van der Waals surface area contributed by atoms with Crippen LogP contribution in [0.5, 0.6) is 0 Å². The molecule has 2 N–H and O–H groups in total. The molecule has 0 atom stereocenters. The van der Waals surface area contributed by atoms with Gasteiger partial charge in [-0.1, -0.05) is 12.1 Å². The van der Waals surface area contributed by atoms with E-state index in [0.29, 0.717) is 17.2 Å². The third-order valence-electron chi connectivity index (χ3n) is 3.81. The quantitative estimate of drug-likeness (QED) is 0.597. The molecule has 6 nitrogen and oxygen atoms in total. The Hall–Kier alpha value is -3.15. The summed E-state index contributed by atoms with van der Waals surface area (Å²) in [5.74, 6) is 0.198. The van der Waals surface area contributed by atoms with Crippen LogP contribution in [0.2, 0.25) is 0 Å². The van der Waals surface area contributed by atoms with Crippen LogP contribution < -0.4 is 5.32 Å². The number of hydrogen-bond acceptors (Lipinski definition) is 3. The normalized spacial score (nSPS) is 11.2. The van der Waals surface area contributed by atoms with Crippen LogP contribution in [-0.2, 0) is 0 Å². The monoisotopic (exact) mass is 305 g/mol. The van der Waals surface area contributed by atoms with E-state index in [9.17, 15) is 4.79 Å². The summed E-state index contributed by atoms with van der Waals surface area (Å²) in [6.45, 7) is 3.91. The second-order valence-electron chi connectivity index (χ2n) is 5.52. The van der Waals surface area contributed by atoms with Crippen molar-refractivity contribution in [3.63, 3.8) is 0 Å². The van der Waals surface area contributed by atoms with Crippen LogP contribution >= 0.6 is 0 Å². The highest BCUT2D eigenvalue weighted by molar-refractivity contribution is 6.08. The van der Waals surface area contributed by atoms with Gasteiger partial charge in [0.25, 0.3) is 5.91 Å². The van der Waals surface area contributed by atoms with E-state index in [1.54, 1.807) is 6.07 Å². The first-order valence-electron chi connectivity index (χ1n) is 7.33. The molecule has 0 saturated heterocycles. The number of para-hydroxylation sites is 2. The van der Waals surface area contributed by atoms with Gasteiger partial charge in [0.1, 0.15) is 5.65 Å². The minimum Gasteiger partial charge on any atom is -0.324 e. The van der Waals surface area contributed by atoms with Gasteiger partial charge in [-0.2, -0.15) is 0 Å². The maximum atomic E-state index is 12.6. The van der Waals surface area contributed by atoms with E-state index >= 15 is 0 Å². The number of imidazole rings is 1. The number of anilines is 1. The number of H-pyrrole nitrogens is 1. The van der Waals surface area contributed by atoms with Crippen LogP contribution in [0, 0.1) is 13.8 Å². The van der Waals surface area contributed by atoms with Crippen LogP contribution in [0.15, 0.2) is 42.6 Å². The number of fused-ring (bicyclic) bond motifs is 2. The highest BCUT2D eigenvalue weighted by Crippen LogP contribution is 2.17. The maximum absolute atomic E-state index is 12.6. The number of carbonyl (C=O) groups is 1. The van der Waals surface area contributed by atoms with Crippen molar-refractivity contribution in [3.8, 4) is 0 Å². The number of nitrogens with zero attached hydrogens (tertiary/aromatic N) is 3. The molecule has 4 aromatic rings. The fraction of sp³-hybridized carbons (Fsp3) is 0.118. The predicted molar refractivity (Wildman–Crippen MR) is 88.7 cm³/mol. The summed E-state index contributed by atoms with van der Waals surface area (Å²) in [5.41, 5.74) is 4.79. The van der Waals surface area contributed by atoms with Crippen molar-refractivity contribution in [2.75, 3.05) is 5.32 Å². The van der Waals surface area contributed by atoms with Crippen molar-refractivity contribution >= 4 is 28.5 Å². The lowest BCUT2D eigenvalue weighted by molar-refractivity contribution is 0.102. The molecule has 0 unspecified atom stereocenters. The first-order chi connectivity index (χ1) is 11.1. The summed E-state index contributed by atoms with van der Waals surface area (Å²) in [6, 6.07) is 11.4. The molecule has 6 heteroatoms. The Bertz CT molecular complexity index is 1010. The number of rotatable bonds is 2. The average Bonchev–Trinajstić information content (AvgIpc) is 3.10. The van der Waals surface area contributed by atoms with E-state index in [2.05, 4.69) is 20.3 Å². The zero-order valence-corrected chi connectivity index (χ0v) is 12.8. The van der Waals surface area contributed by atoms with Crippen molar-refractivity contribution in [2.45, 2.75) is 13.8 Å². The number of aromatic amines is 1. The Morgan fingerprint density at radius 1 is 1.17 bits per heavy atom. The van der Waals surface area contributed by atoms with Crippen molar-refractivity contribution in [3.05, 3.63) is 59.5 Å². The van der Waals surface area contributed by atoms with Gasteiger partial charge in [-0.15, -0.1) is 0 Å². The number of aromatic nitrogens is 4. The third-order valence-corrected chi connectivity index (χ3v) is 3.81. The zero-order chi connectivity index (χ0) is 16.0. The lowest BCUT2D eigenvalue weighted by Crippen LogP contribution is -2.13. The van der Waals surface area contributed by atoms with Gasteiger partial charge in [-0.05, 0) is 38.1 Å². The SMILES string of the molecule is Cc1cc(C)n2ccc(C(=O)Nc3nc4ccccc4[nH]3)c2n1. The topological polar surface area (TPSA) is 75.1 Å². The Morgan fingerprint density at radius 3 is 2.83 bits per heavy atom. The van der Waals surface area contributed by atoms with Crippen molar-refractivity contribution in [1.29, 1.82) is 0 Å². The highest BCUT2D eigenvalue weighted by atomic mass is 16.1. The fourth-order valence-electron chi connectivity index (χ4n) is 2.76. The molecule has 3 heterocycles. The van der Waals surface area contributed by atoms with Crippen molar-refractivity contribution < 1.29 is 4.79 Å². The summed E-state index contributed by atoms with van der Waals surface area (Å²) >= 11 is 0. The van der Waals surface area contributed by atoms with Gasteiger partial charge in [0, 0.05) is 17.6 Å². The van der Waals surface area contributed by atoms with Gasteiger partial charge < -0.3 is 9.38 Å². The van der Waals surface area contributed by atoms with Crippen LogP contribution in [0.4, 0.5) is 5.95 Å². The molecule has 4 rings (SSSR count). The summed E-state index contributed by atoms with van der Waals surface area (Å²) in [4.78, 5) is 24.5. The molecule has 114 valence electrons. The summed E-state index contributed by atoms with van der Waals surface area (Å²) in [5, 5.41) is 2.81. The molecule has 0 aliphatic rings. The first-order valence-corrected chi connectivity index (χ1v) is 7.33. The molecule has 0 spiro atoms. The Balaban J connectivity index is 1.71. The average molecular weight is 305 g/mol. The Labute approximate surface area is 132 Å². The smallest absolute Gasteiger partial charge is 0.261 e. The van der Waals surface area contributed by atoms with Gasteiger partial charge in [0.2, 0.25) is 5.95 Å². The fourth-order valence-corrected chi connectivity index (χ4v) is 2.76. The number of benzene rings is 1. The number of hydrogen-bond donors (Lipinski definition) is 2. The minimum absolute atomic E-state index is 0.232. The van der Waals surface area contributed by atoms with E-state index in [-0.39, 0.29) is 5.91 Å². The zero-order valence-electron chi connectivity index (χ0n) is 12.8. The Morgan fingerprint density at radius 2 is 2.00 bits per heavy atom. The first kappa shape index (κ1) is 13.5. The van der Waals surface area contributed by atoms with Gasteiger partial charge in [-0.25, -0.2) is 9.97 Å². The molecule has 23 heavy (non-hydrogen) atoms. The lowest BCUT2D eigenvalue weighted by Gasteiger charge is -2.04. The van der Waals surface area contributed by atoms with E-state index in [1.165, 1.54) is 0 Å². The summed E-state index contributed by atoms with van der Waals surface area (Å²) in [7, 11) is 0. The second-order valence-corrected chi connectivity index (χ2v) is 5.52. The number of aryl methyl sites for hydroxylation is 2. The third kappa shape index (κ3) is 2.24. The number of nitrogens with one attached hydrogen (secondary N) is 2. The molecule has 0 radical (unpaired) electrons. The molecule has 0 bridgehead atoms. The Kier molecular flexibility index (Phi) is 2.90. The second kappa shape index (κ2) is 4.95. The molecule has 1 aromatic carbocycles. The molecule has 0 saturated carbocycles. The summed E-state index contributed by atoms with van der Waals surface area (Å²) < 4.78 is 1.90. The van der Waals surface area contributed by atoms with Gasteiger partial charge in [0.05, 0.1) is 16.6 Å². The molecule has 0 aliphatic carbocycles. The van der Waals surface area contributed by atoms with E-state index in [4.69, 9.17) is 0 Å². The van der Waals surface area contributed by atoms with Gasteiger partial charge in [-0.3, -0.25) is 10.1 Å². The standard InChI is InChI=1S/C17H15N5O/c1-10-9-11(2)22-8-7-12(15(22)18-10)16(23)21-17-19-13-5-3-4-6-14(13)20-17/h3-9H,1-2H3,(H2,19,20,21,23). The predicted octanol–water partition coefficient (Wildman–Crippen LogP) is 3.08. The van der Waals surface area contributed by atoms with Crippen molar-refractivity contribution in [2.24, 2.45) is 0 Å². The molecule has 3 aromatic heterocycles. The molecule has 1 amide bonds. The van der Waals surface area contributed by atoms with E-state index in [0.717, 1.165) is 22.4 Å². The highest BCUT2D eigenvalue weighted by Gasteiger charge is 2.15. The molecule has 0 aliphatic heterocycles. The largest absolute Gasteiger partial charge is 0.324 e. The lowest BCUT2D eigenvalue weighted by atomic mass is 10.3. The minimum atomic E-state index is -0.232. The van der Waals surface area contributed by atoms with Crippen molar-refractivity contribution in [1.82, 2.24) is 19.4 Å². The number of amides is 1. The molecular formula is C17H15N5O. The van der Waals surface area contributed by atoms with Gasteiger partial charge >= 0.3 is 0 Å². The summed E-state index contributed by atoms with van der Waals surface area (Å²) in [6.07, 6.45) is 1.85. The molecule has 0 fully saturated rings. The van der Waals surface area contributed by atoms with Crippen LogP contribution in [0.25, 0.3) is 16.7 Å². The van der Waals surface area contributed by atoms with E-state index < -0.39 is 0 Å². The van der Waals surface area contributed by atoms with E-state index in [1.807, 2.05) is 54.8 Å².